The summed E-state index contributed by atoms with van der Waals surface area (Å²) in [6.45, 7) is 10.8. The number of aryl methyl sites for hydroxylation is 4. The zero-order chi connectivity index (χ0) is 21.4. The predicted molar refractivity (Wildman–Crippen MR) is 131 cm³/mol. The van der Waals surface area contributed by atoms with Gasteiger partial charge in [-0.05, 0) is 13.8 Å². The largest absolute Gasteiger partial charge is 0.168 e. The summed E-state index contributed by atoms with van der Waals surface area (Å²) in [6.07, 6.45) is 2.17. The minimum atomic E-state index is -1.80. The Morgan fingerprint density at radius 2 is 1.14 bits per heavy atom. The Labute approximate surface area is 191 Å². The molecule has 0 atom stereocenters. The maximum atomic E-state index is 5.65. The Kier molecular flexibility index (Phi) is 10.4. The van der Waals surface area contributed by atoms with E-state index in [9.17, 15) is 0 Å². The molecule has 4 rings (SSSR count). The SMILES string of the molecule is CCC[Si]=[Hf]([Cl])[Cl].Cc1ccc(C)c2[cH-]ccc12.Cc1ccc(C)c2[cH-]ccc12. The third kappa shape index (κ3) is 7.20. The first-order chi connectivity index (χ1) is 13.8. The number of rotatable bonds is 2. The minimum absolute atomic E-state index is 0.932. The van der Waals surface area contributed by atoms with Crippen molar-refractivity contribution in [1.29, 1.82) is 0 Å². The van der Waals surface area contributed by atoms with Gasteiger partial charge >= 0.3 is 60.5 Å². The maximum absolute atomic E-state index is 5.65. The normalized spacial score (nSPS) is 10.2. The van der Waals surface area contributed by atoms with Gasteiger partial charge in [-0.25, -0.2) is 0 Å². The van der Waals surface area contributed by atoms with Crippen LogP contribution in [0.25, 0.3) is 21.5 Å². The Hall–Kier alpha value is -0.673. The van der Waals surface area contributed by atoms with Gasteiger partial charge in [0.05, 0.1) is 0 Å². The topological polar surface area (TPSA) is 0 Å². The van der Waals surface area contributed by atoms with Crippen molar-refractivity contribution in [3.63, 3.8) is 0 Å². The third-order valence-electron chi connectivity index (χ3n) is 5.01. The zero-order valence-electron chi connectivity index (χ0n) is 17.9. The average Bonchev–Trinajstić information content (AvgIpc) is 3.38. The Morgan fingerprint density at radius 3 is 1.45 bits per heavy atom. The molecule has 153 valence electrons. The molecule has 29 heavy (non-hydrogen) atoms. The molecule has 0 unspecified atom stereocenters. The fourth-order valence-corrected chi connectivity index (χ4v) is 13.1. The molecule has 0 N–H and O–H groups in total. The quantitative estimate of drug-likeness (QED) is 0.158. The fourth-order valence-electron chi connectivity index (χ4n) is 3.29. The van der Waals surface area contributed by atoms with Crippen molar-refractivity contribution in [3.8, 4) is 0 Å². The molecule has 0 aliphatic rings. The van der Waals surface area contributed by atoms with Gasteiger partial charge in [-0.3, -0.25) is 0 Å². The number of hydrogen-bond donors (Lipinski definition) is 0. The predicted octanol–water partition coefficient (Wildman–Crippen LogP) is 8.71. The summed E-state index contributed by atoms with van der Waals surface area (Å²) in [5, 5.41) is 5.57. The molecule has 0 spiro atoms. The molecular weight excluding hydrogens is 578 g/mol. The van der Waals surface area contributed by atoms with Crippen LogP contribution in [0.3, 0.4) is 0 Å². The van der Waals surface area contributed by atoms with E-state index in [1.165, 1.54) is 56.3 Å². The van der Waals surface area contributed by atoms with Crippen LogP contribution in [0.4, 0.5) is 0 Å². The number of fused-ring (bicyclic) bond motifs is 2. The second-order valence-corrected chi connectivity index (χ2v) is 30.9. The fraction of sp³-hybridized carbons (Fsp3) is 0.280. The standard InChI is InChI=1S/2C11H11.C3H7Si.2ClH.Hf/c2*1-8-6-7-9(2)11-5-3-4-10(8)11;1-2-3-4;;;/h2*3-7H,1-2H3;2-3H2,1H3;2*1H;/q2*-1;;;;+2/p-2. The second kappa shape index (κ2) is 12.2. The van der Waals surface area contributed by atoms with Gasteiger partial charge in [0, 0.05) is 0 Å². The Morgan fingerprint density at radius 1 is 0.724 bits per heavy atom. The second-order valence-electron chi connectivity index (χ2n) is 7.29. The molecule has 4 aromatic carbocycles. The van der Waals surface area contributed by atoms with Crippen molar-refractivity contribution in [3.05, 3.63) is 82.9 Å². The monoisotopic (exact) mass is 607 g/mol. The van der Waals surface area contributed by atoms with E-state index in [1.807, 2.05) is 0 Å². The number of halogens is 2. The molecule has 0 heterocycles. The molecule has 0 aliphatic heterocycles. The first-order valence-electron chi connectivity index (χ1n) is 10.00. The van der Waals surface area contributed by atoms with E-state index >= 15 is 0 Å². The molecule has 0 saturated heterocycles. The van der Waals surface area contributed by atoms with Crippen molar-refractivity contribution < 1.29 is 17.7 Å². The summed E-state index contributed by atoms with van der Waals surface area (Å²) in [5.74, 6) is 0. The van der Waals surface area contributed by atoms with Gasteiger partial charge in [0.2, 0.25) is 0 Å². The van der Waals surface area contributed by atoms with Crippen molar-refractivity contribution in [2.75, 3.05) is 0 Å². The Bertz CT molecular complexity index is 935. The Balaban J connectivity index is 0.000000161. The number of hydrogen-bond acceptors (Lipinski definition) is 0. The molecular formula is C25H29Cl2HfSi-2. The zero-order valence-corrected chi connectivity index (χ0v) is 24.0. The van der Waals surface area contributed by atoms with Crippen LogP contribution in [0, 0.1) is 27.7 Å². The number of benzene rings is 2. The summed E-state index contributed by atoms with van der Waals surface area (Å²) >= 11 is -1.80. The van der Waals surface area contributed by atoms with Crippen LogP contribution < -0.4 is 0 Å². The van der Waals surface area contributed by atoms with Gasteiger partial charge in [-0.2, -0.15) is 24.3 Å². The van der Waals surface area contributed by atoms with E-state index in [0.717, 1.165) is 6.22 Å². The van der Waals surface area contributed by atoms with Gasteiger partial charge in [0.25, 0.3) is 0 Å². The van der Waals surface area contributed by atoms with Crippen molar-refractivity contribution in [2.24, 2.45) is 0 Å². The molecule has 0 saturated carbocycles. The molecule has 4 heteroatoms. The van der Waals surface area contributed by atoms with E-state index in [1.54, 1.807) is 0 Å². The van der Waals surface area contributed by atoms with Gasteiger partial charge in [-0.1, -0.05) is 37.1 Å². The van der Waals surface area contributed by atoms with Gasteiger partial charge < -0.3 is 0 Å². The maximum Gasteiger partial charge on any atom is -0.0488 e. The van der Waals surface area contributed by atoms with E-state index in [2.05, 4.69) is 95.3 Å². The first-order valence-corrected chi connectivity index (χ1v) is 25.5. The van der Waals surface area contributed by atoms with Crippen LogP contribution in [0.1, 0.15) is 35.6 Å². The van der Waals surface area contributed by atoms with Crippen LogP contribution in [0.2, 0.25) is 6.04 Å². The summed E-state index contributed by atoms with van der Waals surface area (Å²) in [7, 11) is 11.3. The summed E-state index contributed by atoms with van der Waals surface area (Å²) in [5.41, 5.74) is 5.48. The molecule has 0 nitrogen and oxygen atoms in total. The van der Waals surface area contributed by atoms with Crippen LogP contribution >= 0.6 is 17.2 Å². The van der Waals surface area contributed by atoms with Crippen molar-refractivity contribution >= 4 is 44.9 Å². The van der Waals surface area contributed by atoms with Crippen LogP contribution in [-0.4, -0.2) is 6.22 Å². The summed E-state index contributed by atoms with van der Waals surface area (Å²) in [4.78, 5) is 0. The van der Waals surface area contributed by atoms with E-state index in [4.69, 9.17) is 17.2 Å². The molecule has 0 amide bonds. The molecule has 1 radical (unpaired) electrons. The van der Waals surface area contributed by atoms with Crippen LogP contribution in [0.15, 0.2) is 60.7 Å². The summed E-state index contributed by atoms with van der Waals surface area (Å²) < 4.78 is 0. The molecule has 0 aromatic heterocycles. The van der Waals surface area contributed by atoms with Crippen molar-refractivity contribution in [2.45, 2.75) is 47.1 Å². The van der Waals surface area contributed by atoms with E-state index in [0.29, 0.717) is 0 Å². The average molecular weight is 607 g/mol. The van der Waals surface area contributed by atoms with E-state index < -0.39 is 17.7 Å². The molecule has 4 aromatic rings. The van der Waals surface area contributed by atoms with E-state index in [-0.39, 0.29) is 0 Å². The smallest absolute Gasteiger partial charge is 0.0488 e. The third-order valence-corrected chi connectivity index (χ3v) is 18.2. The van der Waals surface area contributed by atoms with Gasteiger partial charge in [-0.15, -0.1) is 56.9 Å². The molecule has 0 bridgehead atoms. The summed E-state index contributed by atoms with van der Waals surface area (Å²) in [6, 6.07) is 22.9. The van der Waals surface area contributed by atoms with Gasteiger partial charge in [0.15, 0.2) is 0 Å². The van der Waals surface area contributed by atoms with Gasteiger partial charge in [0.1, 0.15) is 0 Å². The van der Waals surface area contributed by atoms with Crippen LogP contribution in [0.5, 0.6) is 0 Å². The molecule has 0 aliphatic carbocycles. The van der Waals surface area contributed by atoms with Crippen molar-refractivity contribution in [1.82, 2.24) is 0 Å². The first kappa shape index (κ1) is 24.6. The molecule has 0 fully saturated rings. The van der Waals surface area contributed by atoms with Crippen LogP contribution in [-0.2, 0) is 17.7 Å². The minimum Gasteiger partial charge on any atom is -0.168 e.